The average Bonchev–Trinajstić information content (AvgIpc) is 2.79. The van der Waals surface area contributed by atoms with Gasteiger partial charge in [-0.1, -0.05) is 41.9 Å². The minimum atomic E-state index is -0.841. The summed E-state index contributed by atoms with van der Waals surface area (Å²) in [5, 5.41) is 14.3. The first kappa shape index (κ1) is 13.6. The third-order valence-electron chi connectivity index (χ3n) is 3.37. The predicted octanol–water partition coefficient (Wildman–Crippen LogP) is 5.08. The summed E-state index contributed by atoms with van der Waals surface area (Å²) in [7, 11) is 0. The second-order valence-corrected chi connectivity index (χ2v) is 5.97. The normalized spacial score (nSPS) is 12.8. The number of hydrogen-bond acceptors (Lipinski definition) is 2. The number of thiophene rings is 1. The maximum Gasteiger partial charge on any atom is 0.131 e. The number of aliphatic hydroxyl groups excluding tert-OH is 1. The molecular weight excluding hydrogens is 295 g/mol. The molecule has 0 bridgehead atoms. The van der Waals surface area contributed by atoms with Gasteiger partial charge in [0, 0.05) is 5.39 Å². The summed E-state index contributed by atoms with van der Waals surface area (Å²) in [6.45, 7) is 1.90. The number of rotatable bonds is 2. The van der Waals surface area contributed by atoms with E-state index >= 15 is 0 Å². The Bertz CT molecular complexity index is 781. The summed E-state index contributed by atoms with van der Waals surface area (Å²) < 4.78 is 13.8. The third-order valence-corrected chi connectivity index (χ3v) is 5.14. The lowest BCUT2D eigenvalue weighted by atomic mass is 9.99. The van der Waals surface area contributed by atoms with E-state index in [1.165, 1.54) is 17.4 Å². The molecule has 1 heterocycles. The summed E-state index contributed by atoms with van der Waals surface area (Å²) in [5.74, 6) is -0.287. The van der Waals surface area contributed by atoms with Crippen LogP contribution in [0.3, 0.4) is 0 Å². The molecule has 0 spiro atoms. The standard InChI is InChI=1S/C16H12ClFOS/c1-9-8-20-16(14(9)17)15(19)12-6-7-13(18)11-5-3-2-4-10(11)12/h2-8,15,19H,1H3. The highest BCUT2D eigenvalue weighted by Gasteiger charge is 2.20. The molecule has 1 N–H and O–H groups in total. The Morgan fingerprint density at radius 2 is 1.85 bits per heavy atom. The molecule has 1 nitrogen and oxygen atoms in total. The molecule has 0 aliphatic carbocycles. The van der Waals surface area contributed by atoms with Crippen molar-refractivity contribution in [3.63, 3.8) is 0 Å². The van der Waals surface area contributed by atoms with E-state index in [1.807, 2.05) is 24.4 Å². The lowest BCUT2D eigenvalue weighted by Gasteiger charge is -2.13. The van der Waals surface area contributed by atoms with Crippen molar-refractivity contribution < 1.29 is 9.50 Å². The largest absolute Gasteiger partial charge is 0.383 e. The molecule has 0 fully saturated rings. The first-order chi connectivity index (χ1) is 9.59. The van der Waals surface area contributed by atoms with Crippen LogP contribution < -0.4 is 0 Å². The number of halogens is 2. The number of aliphatic hydroxyl groups is 1. The van der Waals surface area contributed by atoms with E-state index in [-0.39, 0.29) is 5.82 Å². The van der Waals surface area contributed by atoms with Crippen LogP contribution in [0.2, 0.25) is 5.02 Å². The number of hydrogen-bond donors (Lipinski definition) is 1. The number of benzene rings is 2. The molecule has 1 aromatic heterocycles. The van der Waals surface area contributed by atoms with Gasteiger partial charge in [0.15, 0.2) is 0 Å². The van der Waals surface area contributed by atoms with Crippen LogP contribution in [0.4, 0.5) is 4.39 Å². The summed E-state index contributed by atoms with van der Waals surface area (Å²) in [4.78, 5) is 0.695. The van der Waals surface area contributed by atoms with Gasteiger partial charge in [0.1, 0.15) is 11.9 Å². The second-order valence-electron chi connectivity index (χ2n) is 4.68. The summed E-state index contributed by atoms with van der Waals surface area (Å²) in [5.41, 5.74) is 1.61. The monoisotopic (exact) mass is 306 g/mol. The number of fused-ring (bicyclic) bond motifs is 1. The van der Waals surface area contributed by atoms with Gasteiger partial charge in [-0.15, -0.1) is 11.3 Å². The zero-order chi connectivity index (χ0) is 14.3. The highest BCUT2D eigenvalue weighted by molar-refractivity contribution is 7.10. The lowest BCUT2D eigenvalue weighted by molar-refractivity contribution is 0.225. The van der Waals surface area contributed by atoms with Gasteiger partial charge >= 0.3 is 0 Å². The topological polar surface area (TPSA) is 20.2 Å². The van der Waals surface area contributed by atoms with Crippen molar-refractivity contribution in [2.75, 3.05) is 0 Å². The Balaban J connectivity index is 2.20. The Hall–Kier alpha value is -1.42. The van der Waals surface area contributed by atoms with Crippen LogP contribution >= 0.6 is 22.9 Å². The van der Waals surface area contributed by atoms with E-state index in [0.29, 0.717) is 26.2 Å². The van der Waals surface area contributed by atoms with Gasteiger partial charge in [0.25, 0.3) is 0 Å². The van der Waals surface area contributed by atoms with Crippen molar-refractivity contribution in [2.24, 2.45) is 0 Å². The summed E-state index contributed by atoms with van der Waals surface area (Å²) >= 11 is 7.63. The van der Waals surface area contributed by atoms with Crippen LogP contribution in [-0.4, -0.2) is 5.11 Å². The molecule has 0 saturated heterocycles. The zero-order valence-electron chi connectivity index (χ0n) is 10.7. The molecule has 3 rings (SSSR count). The molecule has 0 aliphatic rings. The summed E-state index contributed by atoms with van der Waals surface area (Å²) in [6, 6.07) is 10.1. The highest BCUT2D eigenvalue weighted by Crippen LogP contribution is 2.38. The van der Waals surface area contributed by atoms with Gasteiger partial charge in [0.05, 0.1) is 9.90 Å². The van der Waals surface area contributed by atoms with Crippen LogP contribution in [0.25, 0.3) is 10.8 Å². The SMILES string of the molecule is Cc1csc(C(O)c2ccc(F)c3ccccc23)c1Cl. The van der Waals surface area contributed by atoms with Crippen molar-refractivity contribution in [1.82, 2.24) is 0 Å². The summed E-state index contributed by atoms with van der Waals surface area (Å²) in [6.07, 6.45) is -0.841. The van der Waals surface area contributed by atoms with Crippen molar-refractivity contribution in [3.05, 3.63) is 68.6 Å². The minimum absolute atomic E-state index is 0.287. The molecule has 0 saturated carbocycles. The first-order valence-corrected chi connectivity index (χ1v) is 7.44. The van der Waals surface area contributed by atoms with Gasteiger partial charge < -0.3 is 5.11 Å². The Kier molecular flexibility index (Phi) is 3.50. The second kappa shape index (κ2) is 5.17. The Labute approximate surface area is 125 Å². The maximum absolute atomic E-state index is 13.8. The zero-order valence-corrected chi connectivity index (χ0v) is 12.3. The maximum atomic E-state index is 13.8. The van der Waals surface area contributed by atoms with Crippen molar-refractivity contribution in [2.45, 2.75) is 13.0 Å². The lowest BCUT2D eigenvalue weighted by Crippen LogP contribution is -2.00. The molecule has 2 aromatic carbocycles. The molecule has 1 atom stereocenters. The van der Waals surface area contributed by atoms with Gasteiger partial charge in [-0.25, -0.2) is 4.39 Å². The molecule has 0 amide bonds. The van der Waals surface area contributed by atoms with Gasteiger partial charge in [-0.05, 0) is 34.9 Å². The van der Waals surface area contributed by atoms with Gasteiger partial charge in [-0.3, -0.25) is 0 Å². The predicted molar refractivity (Wildman–Crippen MR) is 82.0 cm³/mol. The first-order valence-electron chi connectivity index (χ1n) is 6.18. The van der Waals surface area contributed by atoms with E-state index in [9.17, 15) is 9.50 Å². The van der Waals surface area contributed by atoms with E-state index < -0.39 is 6.10 Å². The van der Waals surface area contributed by atoms with E-state index in [2.05, 4.69) is 0 Å². The number of aryl methyl sites for hydroxylation is 1. The molecule has 20 heavy (non-hydrogen) atoms. The van der Waals surface area contributed by atoms with Crippen LogP contribution in [0, 0.1) is 12.7 Å². The quantitative estimate of drug-likeness (QED) is 0.699. The van der Waals surface area contributed by atoms with E-state index in [0.717, 1.165) is 5.56 Å². The van der Waals surface area contributed by atoms with E-state index in [4.69, 9.17) is 11.6 Å². The van der Waals surface area contributed by atoms with Gasteiger partial charge in [-0.2, -0.15) is 0 Å². The molecule has 0 radical (unpaired) electrons. The minimum Gasteiger partial charge on any atom is -0.383 e. The van der Waals surface area contributed by atoms with Crippen LogP contribution in [0.5, 0.6) is 0 Å². The van der Waals surface area contributed by atoms with Gasteiger partial charge in [0.2, 0.25) is 0 Å². The molecule has 0 aliphatic heterocycles. The smallest absolute Gasteiger partial charge is 0.131 e. The molecule has 1 unspecified atom stereocenters. The van der Waals surface area contributed by atoms with Crippen molar-refractivity contribution >= 4 is 33.7 Å². The molecule has 4 heteroatoms. The van der Waals surface area contributed by atoms with Crippen LogP contribution in [0.1, 0.15) is 22.1 Å². The van der Waals surface area contributed by atoms with Crippen molar-refractivity contribution in [1.29, 1.82) is 0 Å². The fourth-order valence-electron chi connectivity index (χ4n) is 2.30. The van der Waals surface area contributed by atoms with Crippen molar-refractivity contribution in [3.8, 4) is 0 Å². The molecular formula is C16H12ClFOS. The third kappa shape index (κ3) is 2.12. The van der Waals surface area contributed by atoms with E-state index in [1.54, 1.807) is 18.2 Å². The average molecular weight is 307 g/mol. The highest BCUT2D eigenvalue weighted by atomic mass is 35.5. The van der Waals surface area contributed by atoms with Crippen LogP contribution in [0.15, 0.2) is 41.8 Å². The van der Waals surface area contributed by atoms with Crippen LogP contribution in [-0.2, 0) is 0 Å². The Morgan fingerprint density at radius 3 is 2.50 bits per heavy atom. The molecule has 102 valence electrons. The Morgan fingerprint density at radius 1 is 1.15 bits per heavy atom. The molecule has 3 aromatic rings. The fraction of sp³-hybridized carbons (Fsp3) is 0.125. The fourth-order valence-corrected chi connectivity index (χ4v) is 3.60.